The van der Waals surface area contributed by atoms with Crippen molar-refractivity contribution in [3.05, 3.63) is 28.8 Å². The second-order valence-corrected chi connectivity index (χ2v) is 4.60. The van der Waals surface area contributed by atoms with E-state index in [1.54, 1.807) is 18.2 Å². The third kappa shape index (κ3) is 2.90. The van der Waals surface area contributed by atoms with E-state index in [0.29, 0.717) is 16.3 Å². The fourth-order valence-corrected chi connectivity index (χ4v) is 2.25. The zero-order valence-corrected chi connectivity index (χ0v) is 10.3. The summed E-state index contributed by atoms with van der Waals surface area (Å²) in [6.07, 6.45) is 3.44. The van der Waals surface area contributed by atoms with Crippen LogP contribution in [0.15, 0.2) is 18.2 Å². The van der Waals surface area contributed by atoms with Crippen molar-refractivity contribution in [2.24, 2.45) is 0 Å². The van der Waals surface area contributed by atoms with E-state index in [1.807, 2.05) is 5.01 Å². The van der Waals surface area contributed by atoms with Crippen LogP contribution in [-0.2, 0) is 0 Å². The van der Waals surface area contributed by atoms with Gasteiger partial charge in [-0.25, -0.2) is 5.01 Å². The number of hydrogen-bond donors (Lipinski definition) is 2. The maximum absolute atomic E-state index is 12.0. The standard InChI is InChI=1S/C12H16ClN3O/c13-9-5-4-6-10(14)11(9)12(17)15-16-7-2-1-3-8-16/h4-6H,1-3,7-8,14H2,(H,15,17). The Bertz CT molecular complexity index is 396. The molecule has 0 aromatic heterocycles. The smallest absolute Gasteiger partial charge is 0.269 e. The quantitative estimate of drug-likeness (QED) is 0.794. The molecular weight excluding hydrogens is 238 g/mol. The van der Waals surface area contributed by atoms with Crippen molar-refractivity contribution in [3.8, 4) is 0 Å². The number of amides is 1. The van der Waals surface area contributed by atoms with Crippen LogP contribution in [0.3, 0.4) is 0 Å². The summed E-state index contributed by atoms with van der Waals surface area (Å²) in [5, 5.41) is 2.31. The Kier molecular flexibility index (Phi) is 3.86. The van der Waals surface area contributed by atoms with Crippen LogP contribution in [0.25, 0.3) is 0 Å². The molecule has 1 aromatic carbocycles. The number of carbonyl (C=O) groups is 1. The minimum atomic E-state index is -0.227. The molecule has 0 bridgehead atoms. The zero-order valence-electron chi connectivity index (χ0n) is 9.58. The van der Waals surface area contributed by atoms with Crippen LogP contribution in [0.1, 0.15) is 29.6 Å². The number of benzene rings is 1. The second-order valence-electron chi connectivity index (χ2n) is 4.19. The average Bonchev–Trinajstić information content (AvgIpc) is 2.30. The lowest BCUT2D eigenvalue weighted by Gasteiger charge is -2.27. The molecule has 4 nitrogen and oxygen atoms in total. The van der Waals surface area contributed by atoms with E-state index in [9.17, 15) is 4.79 Å². The molecule has 1 amide bonds. The molecule has 0 radical (unpaired) electrons. The minimum Gasteiger partial charge on any atom is -0.398 e. The van der Waals surface area contributed by atoms with Crippen LogP contribution in [0, 0.1) is 0 Å². The number of rotatable bonds is 2. The number of nitrogens with one attached hydrogen (secondary N) is 1. The lowest BCUT2D eigenvalue weighted by molar-refractivity contribution is 0.0751. The Hall–Kier alpha value is -1.26. The van der Waals surface area contributed by atoms with E-state index >= 15 is 0 Å². The summed E-state index contributed by atoms with van der Waals surface area (Å²) >= 11 is 5.98. The van der Waals surface area contributed by atoms with E-state index in [1.165, 1.54) is 6.42 Å². The van der Waals surface area contributed by atoms with Gasteiger partial charge in [-0.05, 0) is 25.0 Å². The van der Waals surface area contributed by atoms with Gasteiger partial charge in [0.2, 0.25) is 0 Å². The summed E-state index contributed by atoms with van der Waals surface area (Å²) in [4.78, 5) is 12.0. The molecule has 92 valence electrons. The maximum Gasteiger partial charge on any atom is 0.269 e. The summed E-state index contributed by atoms with van der Waals surface area (Å²) in [6, 6.07) is 5.08. The molecule has 17 heavy (non-hydrogen) atoms. The van der Waals surface area contributed by atoms with Crippen LogP contribution in [0.2, 0.25) is 5.02 Å². The van der Waals surface area contributed by atoms with Gasteiger partial charge in [0.15, 0.2) is 0 Å². The third-order valence-corrected chi connectivity index (χ3v) is 3.20. The Balaban J connectivity index is 2.08. The van der Waals surface area contributed by atoms with Gasteiger partial charge in [0, 0.05) is 18.8 Å². The summed E-state index contributed by atoms with van der Waals surface area (Å²) in [5.74, 6) is -0.227. The highest BCUT2D eigenvalue weighted by atomic mass is 35.5. The first-order valence-electron chi connectivity index (χ1n) is 5.78. The van der Waals surface area contributed by atoms with Crippen molar-refractivity contribution in [2.45, 2.75) is 19.3 Å². The number of anilines is 1. The van der Waals surface area contributed by atoms with Gasteiger partial charge in [0.1, 0.15) is 0 Å². The maximum atomic E-state index is 12.0. The molecule has 1 fully saturated rings. The molecule has 2 rings (SSSR count). The zero-order chi connectivity index (χ0) is 12.3. The third-order valence-electron chi connectivity index (χ3n) is 2.89. The Labute approximate surface area is 106 Å². The molecule has 1 saturated heterocycles. The predicted octanol–water partition coefficient (Wildman–Crippen LogP) is 2.05. The van der Waals surface area contributed by atoms with Crippen molar-refractivity contribution in [1.29, 1.82) is 0 Å². The van der Waals surface area contributed by atoms with Crippen molar-refractivity contribution >= 4 is 23.2 Å². The molecule has 0 atom stereocenters. The Morgan fingerprint density at radius 3 is 2.65 bits per heavy atom. The fraction of sp³-hybridized carbons (Fsp3) is 0.417. The molecule has 1 aliphatic heterocycles. The molecule has 1 aliphatic rings. The lowest BCUT2D eigenvalue weighted by Crippen LogP contribution is -2.45. The molecule has 1 aromatic rings. The van der Waals surface area contributed by atoms with Crippen LogP contribution < -0.4 is 11.2 Å². The minimum absolute atomic E-state index is 0.227. The highest BCUT2D eigenvalue weighted by Crippen LogP contribution is 2.21. The van der Waals surface area contributed by atoms with Crippen molar-refractivity contribution < 1.29 is 4.79 Å². The van der Waals surface area contributed by atoms with Crippen LogP contribution in [0.4, 0.5) is 5.69 Å². The van der Waals surface area contributed by atoms with E-state index < -0.39 is 0 Å². The number of halogens is 1. The average molecular weight is 254 g/mol. The summed E-state index contributed by atoms with van der Waals surface area (Å²) in [7, 11) is 0. The largest absolute Gasteiger partial charge is 0.398 e. The van der Waals surface area contributed by atoms with Gasteiger partial charge in [0.25, 0.3) is 5.91 Å². The molecular formula is C12H16ClN3O. The number of hydrazine groups is 1. The Morgan fingerprint density at radius 1 is 1.29 bits per heavy atom. The number of nitrogens with zero attached hydrogens (tertiary/aromatic N) is 1. The monoisotopic (exact) mass is 253 g/mol. The molecule has 0 unspecified atom stereocenters. The van der Waals surface area contributed by atoms with Gasteiger partial charge >= 0.3 is 0 Å². The van der Waals surface area contributed by atoms with Crippen LogP contribution in [-0.4, -0.2) is 24.0 Å². The van der Waals surface area contributed by atoms with Gasteiger partial charge < -0.3 is 5.73 Å². The highest BCUT2D eigenvalue weighted by Gasteiger charge is 2.17. The number of piperidine rings is 1. The summed E-state index contributed by atoms with van der Waals surface area (Å²) in [5.41, 5.74) is 9.38. The molecule has 5 heteroatoms. The number of hydrogen-bond acceptors (Lipinski definition) is 3. The molecule has 0 spiro atoms. The van der Waals surface area contributed by atoms with Crippen molar-refractivity contribution in [1.82, 2.24) is 10.4 Å². The first kappa shape index (κ1) is 12.2. The van der Waals surface area contributed by atoms with Gasteiger partial charge in [-0.3, -0.25) is 10.2 Å². The van der Waals surface area contributed by atoms with Gasteiger partial charge in [0.05, 0.1) is 10.6 Å². The fourth-order valence-electron chi connectivity index (χ4n) is 1.99. The lowest BCUT2D eigenvalue weighted by atomic mass is 10.1. The van der Waals surface area contributed by atoms with E-state index in [4.69, 9.17) is 17.3 Å². The molecule has 0 aliphatic carbocycles. The van der Waals surface area contributed by atoms with Gasteiger partial charge in [-0.15, -0.1) is 0 Å². The second kappa shape index (κ2) is 5.38. The van der Waals surface area contributed by atoms with E-state index in [0.717, 1.165) is 25.9 Å². The molecule has 0 saturated carbocycles. The highest BCUT2D eigenvalue weighted by molar-refractivity contribution is 6.34. The molecule has 3 N–H and O–H groups in total. The van der Waals surface area contributed by atoms with Crippen molar-refractivity contribution in [2.75, 3.05) is 18.8 Å². The normalized spacial score (nSPS) is 16.8. The topological polar surface area (TPSA) is 58.4 Å². The predicted molar refractivity (Wildman–Crippen MR) is 68.8 cm³/mol. The van der Waals surface area contributed by atoms with Crippen molar-refractivity contribution in [3.63, 3.8) is 0 Å². The number of nitrogens with two attached hydrogens (primary N) is 1. The summed E-state index contributed by atoms with van der Waals surface area (Å²) in [6.45, 7) is 1.77. The molecule has 1 heterocycles. The van der Waals surface area contributed by atoms with E-state index in [-0.39, 0.29) is 5.91 Å². The van der Waals surface area contributed by atoms with Crippen LogP contribution in [0.5, 0.6) is 0 Å². The first-order chi connectivity index (χ1) is 8.18. The summed E-state index contributed by atoms with van der Waals surface area (Å²) < 4.78 is 0. The van der Waals surface area contributed by atoms with E-state index in [2.05, 4.69) is 5.43 Å². The number of nitrogen functional groups attached to an aromatic ring is 1. The first-order valence-corrected chi connectivity index (χ1v) is 6.16. The Morgan fingerprint density at radius 2 is 2.00 bits per heavy atom. The van der Waals surface area contributed by atoms with Crippen LogP contribution >= 0.6 is 11.6 Å². The SMILES string of the molecule is Nc1cccc(Cl)c1C(=O)NN1CCCCC1. The number of carbonyl (C=O) groups excluding carboxylic acids is 1. The van der Waals surface area contributed by atoms with Gasteiger partial charge in [-0.2, -0.15) is 0 Å². The van der Waals surface area contributed by atoms with Gasteiger partial charge in [-0.1, -0.05) is 24.1 Å².